The van der Waals surface area contributed by atoms with Crippen molar-refractivity contribution in [3.8, 4) is 0 Å². The number of carbonyl (C=O) groups is 1. The fourth-order valence-corrected chi connectivity index (χ4v) is 0.503. The monoisotopic (exact) mass is 146 g/mol. The number of hydrogen-bond acceptors (Lipinski definition) is 5. The molecule has 0 aliphatic heterocycles. The summed E-state index contributed by atoms with van der Waals surface area (Å²) in [5, 5.41) is 0. The molecule has 10 heavy (non-hydrogen) atoms. The van der Waals surface area contributed by atoms with Crippen LogP contribution in [0.15, 0.2) is 0 Å². The van der Waals surface area contributed by atoms with Crippen LogP contribution in [0.1, 0.15) is 13.3 Å². The van der Waals surface area contributed by atoms with E-state index in [0.717, 1.165) is 0 Å². The van der Waals surface area contributed by atoms with Crippen molar-refractivity contribution in [2.45, 2.75) is 19.4 Å². The Morgan fingerprint density at radius 1 is 1.70 bits per heavy atom. The van der Waals surface area contributed by atoms with Crippen LogP contribution in [-0.4, -0.2) is 18.4 Å². The van der Waals surface area contributed by atoms with Crippen molar-refractivity contribution < 1.29 is 4.79 Å². The predicted octanol–water partition coefficient (Wildman–Crippen LogP) is -1.74. The number of ketones is 1. The van der Waals surface area contributed by atoms with Crippen LogP contribution in [0.25, 0.3) is 0 Å². The van der Waals surface area contributed by atoms with Crippen LogP contribution in [0, 0.1) is 0 Å². The minimum absolute atomic E-state index is 0.00109. The summed E-state index contributed by atoms with van der Waals surface area (Å²) in [4.78, 5) is 10.5. The van der Waals surface area contributed by atoms with Gasteiger partial charge >= 0.3 is 0 Å². The minimum Gasteiger partial charge on any atom is -0.321 e. The van der Waals surface area contributed by atoms with Crippen LogP contribution in [0.5, 0.6) is 0 Å². The van der Waals surface area contributed by atoms with Gasteiger partial charge in [0, 0.05) is 6.54 Å². The zero-order valence-corrected chi connectivity index (χ0v) is 6.05. The van der Waals surface area contributed by atoms with Gasteiger partial charge in [0.2, 0.25) is 0 Å². The van der Waals surface area contributed by atoms with Gasteiger partial charge < -0.3 is 5.73 Å². The second-order valence-corrected chi connectivity index (χ2v) is 2.08. The quantitative estimate of drug-likeness (QED) is 0.210. The molecule has 0 bridgehead atoms. The number of nitrogens with one attached hydrogen (secondary N) is 2. The zero-order valence-electron chi connectivity index (χ0n) is 6.05. The third kappa shape index (κ3) is 4.39. The van der Waals surface area contributed by atoms with E-state index in [9.17, 15) is 4.79 Å². The Kier molecular flexibility index (Phi) is 5.05. The fourth-order valence-electron chi connectivity index (χ4n) is 0.503. The zero-order chi connectivity index (χ0) is 7.98. The molecule has 0 aliphatic carbocycles. The van der Waals surface area contributed by atoms with E-state index in [0.29, 0.717) is 13.0 Å². The van der Waals surface area contributed by atoms with Gasteiger partial charge in [0.05, 0.1) is 6.04 Å². The molecule has 6 N–H and O–H groups in total. The normalized spacial score (nSPS) is 13.1. The Labute approximate surface area is 60.1 Å². The first kappa shape index (κ1) is 9.51. The standard InChI is InChI=1S/C5H14N4O/c1-4(10)5(6)2-3-8-9-7/h5,8-9H,2-3,6-7H2,1H3/t5-/m0/s1. The van der Waals surface area contributed by atoms with Gasteiger partial charge in [0.1, 0.15) is 5.78 Å². The van der Waals surface area contributed by atoms with Gasteiger partial charge in [-0.2, -0.15) is 5.53 Å². The molecule has 0 fully saturated rings. The lowest BCUT2D eigenvalue weighted by Crippen LogP contribution is -2.41. The van der Waals surface area contributed by atoms with Crippen LogP contribution in [0.2, 0.25) is 0 Å². The van der Waals surface area contributed by atoms with E-state index >= 15 is 0 Å². The maximum atomic E-state index is 10.5. The highest BCUT2D eigenvalue weighted by Gasteiger charge is 2.05. The Bertz CT molecular complexity index is 106. The van der Waals surface area contributed by atoms with E-state index in [1.807, 2.05) is 0 Å². The highest BCUT2D eigenvalue weighted by Crippen LogP contribution is 1.85. The largest absolute Gasteiger partial charge is 0.321 e. The van der Waals surface area contributed by atoms with Crippen molar-refractivity contribution in [2.24, 2.45) is 11.6 Å². The van der Waals surface area contributed by atoms with E-state index in [4.69, 9.17) is 11.6 Å². The average Bonchev–Trinajstić information content (AvgIpc) is 1.88. The molecule has 0 radical (unpaired) electrons. The second-order valence-electron chi connectivity index (χ2n) is 2.08. The SMILES string of the molecule is CC(=O)[C@@H](N)CCNNN. The third-order valence-electron chi connectivity index (χ3n) is 1.20. The maximum Gasteiger partial charge on any atom is 0.146 e. The van der Waals surface area contributed by atoms with Gasteiger partial charge in [-0.25, -0.2) is 5.43 Å². The molecule has 0 rings (SSSR count). The van der Waals surface area contributed by atoms with Crippen LogP contribution < -0.4 is 22.5 Å². The van der Waals surface area contributed by atoms with Gasteiger partial charge in [-0.3, -0.25) is 10.6 Å². The molecule has 5 nitrogen and oxygen atoms in total. The number of Topliss-reactive ketones (excluding diaryl/α,β-unsaturated/α-hetero) is 1. The Balaban J connectivity index is 3.21. The molecule has 0 heterocycles. The number of hydrazine groups is 2. The molecule has 60 valence electrons. The maximum absolute atomic E-state index is 10.5. The molecule has 0 saturated heterocycles. The highest BCUT2D eigenvalue weighted by molar-refractivity contribution is 5.81. The molecule has 0 aromatic carbocycles. The number of hydrogen-bond donors (Lipinski definition) is 4. The van der Waals surface area contributed by atoms with Gasteiger partial charge in [-0.1, -0.05) is 0 Å². The molecule has 0 aliphatic rings. The lowest BCUT2D eigenvalue weighted by Gasteiger charge is -2.06. The Hall–Kier alpha value is -0.490. The van der Waals surface area contributed by atoms with Crippen LogP contribution >= 0.6 is 0 Å². The van der Waals surface area contributed by atoms with Crippen LogP contribution in [-0.2, 0) is 4.79 Å². The summed E-state index contributed by atoms with van der Waals surface area (Å²) in [6.45, 7) is 2.07. The van der Waals surface area contributed by atoms with Crippen LogP contribution in [0.4, 0.5) is 0 Å². The van der Waals surface area contributed by atoms with Crippen molar-refractivity contribution in [3.05, 3.63) is 0 Å². The average molecular weight is 146 g/mol. The number of rotatable bonds is 5. The minimum atomic E-state index is -0.374. The predicted molar refractivity (Wildman–Crippen MR) is 38.6 cm³/mol. The molecule has 0 aromatic heterocycles. The molecule has 1 atom stereocenters. The molecule has 0 aromatic rings. The molecule has 0 saturated carbocycles. The number of nitrogens with two attached hydrogens (primary N) is 2. The molecule has 0 spiro atoms. The van der Waals surface area contributed by atoms with E-state index in [1.165, 1.54) is 6.92 Å². The smallest absolute Gasteiger partial charge is 0.146 e. The number of carbonyl (C=O) groups excluding carboxylic acids is 1. The first-order valence-electron chi connectivity index (χ1n) is 3.13. The van der Waals surface area contributed by atoms with Crippen molar-refractivity contribution >= 4 is 5.78 Å². The molecule has 5 heteroatoms. The summed E-state index contributed by atoms with van der Waals surface area (Å²) in [5.41, 5.74) is 10.3. The summed E-state index contributed by atoms with van der Waals surface area (Å²) in [6.07, 6.45) is 0.597. The van der Waals surface area contributed by atoms with E-state index < -0.39 is 0 Å². The molecule has 0 unspecified atom stereocenters. The first-order valence-corrected chi connectivity index (χ1v) is 3.13. The molecular formula is C5H14N4O. The first-order chi connectivity index (χ1) is 4.68. The van der Waals surface area contributed by atoms with E-state index in [2.05, 4.69) is 11.0 Å². The van der Waals surface area contributed by atoms with Gasteiger partial charge in [-0.15, -0.1) is 0 Å². The summed E-state index contributed by atoms with van der Waals surface area (Å²) in [6, 6.07) is -0.374. The second kappa shape index (κ2) is 5.31. The molecule has 0 amide bonds. The fraction of sp³-hybridized carbons (Fsp3) is 0.800. The van der Waals surface area contributed by atoms with Crippen LogP contribution in [0.3, 0.4) is 0 Å². The van der Waals surface area contributed by atoms with E-state index in [1.54, 1.807) is 0 Å². The summed E-state index contributed by atoms with van der Waals surface area (Å²) in [7, 11) is 0. The summed E-state index contributed by atoms with van der Waals surface area (Å²) >= 11 is 0. The van der Waals surface area contributed by atoms with Crippen molar-refractivity contribution in [2.75, 3.05) is 6.54 Å². The lowest BCUT2D eigenvalue weighted by atomic mass is 10.1. The Morgan fingerprint density at radius 3 is 2.70 bits per heavy atom. The van der Waals surface area contributed by atoms with E-state index in [-0.39, 0.29) is 11.8 Å². The summed E-state index contributed by atoms with van der Waals surface area (Å²) in [5.74, 6) is 4.90. The van der Waals surface area contributed by atoms with Gasteiger partial charge in [-0.05, 0) is 13.3 Å². The van der Waals surface area contributed by atoms with Crippen molar-refractivity contribution in [1.29, 1.82) is 0 Å². The van der Waals surface area contributed by atoms with Crippen molar-refractivity contribution in [1.82, 2.24) is 11.0 Å². The lowest BCUT2D eigenvalue weighted by molar-refractivity contribution is -0.118. The Morgan fingerprint density at radius 2 is 2.30 bits per heavy atom. The molecular weight excluding hydrogens is 132 g/mol. The van der Waals surface area contributed by atoms with Gasteiger partial charge in [0.15, 0.2) is 0 Å². The van der Waals surface area contributed by atoms with Gasteiger partial charge in [0.25, 0.3) is 0 Å². The topological polar surface area (TPSA) is 93.2 Å². The van der Waals surface area contributed by atoms with Crippen molar-refractivity contribution in [3.63, 3.8) is 0 Å². The summed E-state index contributed by atoms with van der Waals surface area (Å²) < 4.78 is 0. The third-order valence-corrected chi connectivity index (χ3v) is 1.20. The highest BCUT2D eigenvalue weighted by atomic mass is 16.1.